The number of nitrogens with two attached hydrogens (primary N) is 1. The number of halogens is 1. The molecule has 0 aromatic carbocycles. The monoisotopic (exact) mass is 204 g/mol. The Hall–Kier alpha value is -1.14. The van der Waals surface area contributed by atoms with E-state index in [1.165, 1.54) is 10.8 Å². The summed E-state index contributed by atoms with van der Waals surface area (Å²) in [5.74, 6) is 0.549. The number of imidazole rings is 1. The molecule has 0 unspecified atom stereocenters. The highest BCUT2D eigenvalue weighted by Gasteiger charge is 2.18. The smallest absolute Gasteiger partial charge is 0.342 e. The Labute approximate surface area is 79.5 Å². The second-order valence-corrected chi connectivity index (χ2v) is 2.63. The van der Waals surface area contributed by atoms with Gasteiger partial charge in [-0.1, -0.05) is 0 Å². The van der Waals surface area contributed by atoms with Gasteiger partial charge in [-0.2, -0.15) is 0 Å². The van der Waals surface area contributed by atoms with Gasteiger partial charge < -0.3 is 15.8 Å². The van der Waals surface area contributed by atoms with E-state index >= 15 is 0 Å². The molecule has 7 heteroatoms. The van der Waals surface area contributed by atoms with Crippen LogP contribution in [0.25, 0.3) is 0 Å². The van der Waals surface area contributed by atoms with E-state index in [4.69, 9.17) is 17.3 Å². The first-order valence-corrected chi connectivity index (χ1v) is 4.19. The Bertz CT molecular complexity index is 312. The molecule has 0 atom stereocenters. The molecule has 72 valence electrons. The van der Waals surface area contributed by atoms with Gasteiger partial charge in [0.1, 0.15) is 18.6 Å². The molecule has 0 saturated carbocycles. The van der Waals surface area contributed by atoms with Gasteiger partial charge >= 0.3 is 5.82 Å². The molecule has 1 aromatic rings. The quantitative estimate of drug-likeness (QED) is 0.439. The van der Waals surface area contributed by atoms with Gasteiger partial charge in [-0.05, 0) is 4.92 Å². The van der Waals surface area contributed by atoms with Gasteiger partial charge in [0.05, 0.1) is 0 Å². The van der Waals surface area contributed by atoms with Gasteiger partial charge in [0, 0.05) is 6.54 Å². The summed E-state index contributed by atoms with van der Waals surface area (Å²) in [7, 11) is 0. The molecule has 0 saturated heterocycles. The fourth-order valence-electron chi connectivity index (χ4n) is 1.03. The molecule has 0 aliphatic rings. The minimum Gasteiger partial charge on any atom is -0.358 e. The molecule has 13 heavy (non-hydrogen) atoms. The van der Waals surface area contributed by atoms with E-state index in [1.807, 2.05) is 0 Å². The van der Waals surface area contributed by atoms with Crippen LogP contribution in [0.4, 0.5) is 5.82 Å². The highest BCUT2D eigenvalue weighted by molar-refractivity contribution is 6.16. The van der Waals surface area contributed by atoms with Gasteiger partial charge in [0.15, 0.2) is 0 Å². The SMILES string of the molecule is NCCn1c([N+](=O)[O-])cnc1CCl. The van der Waals surface area contributed by atoms with Crippen LogP contribution in [0.1, 0.15) is 5.82 Å². The summed E-state index contributed by atoms with van der Waals surface area (Å²) < 4.78 is 1.41. The van der Waals surface area contributed by atoms with Crippen molar-refractivity contribution in [3.05, 3.63) is 22.1 Å². The van der Waals surface area contributed by atoms with E-state index in [0.717, 1.165) is 0 Å². The number of alkyl halides is 1. The van der Waals surface area contributed by atoms with Crippen LogP contribution in [0, 0.1) is 10.1 Å². The van der Waals surface area contributed by atoms with Crippen molar-refractivity contribution >= 4 is 17.4 Å². The zero-order valence-electron chi connectivity index (χ0n) is 6.81. The number of hydrogen-bond donors (Lipinski definition) is 1. The molecule has 6 nitrogen and oxygen atoms in total. The van der Waals surface area contributed by atoms with Crippen molar-refractivity contribution in [1.82, 2.24) is 9.55 Å². The maximum Gasteiger partial charge on any atom is 0.342 e. The lowest BCUT2D eigenvalue weighted by Gasteiger charge is -2.00. The Morgan fingerprint density at radius 1 is 1.77 bits per heavy atom. The van der Waals surface area contributed by atoms with Gasteiger partial charge in [-0.3, -0.25) is 0 Å². The average Bonchev–Trinajstić information content (AvgIpc) is 2.48. The Balaban J connectivity index is 3.06. The predicted octanol–water partition coefficient (Wildman–Crippen LogP) is 0.489. The van der Waals surface area contributed by atoms with E-state index < -0.39 is 4.92 Å². The Kier molecular flexibility index (Phi) is 3.21. The maximum atomic E-state index is 10.5. The lowest BCUT2D eigenvalue weighted by molar-refractivity contribution is -0.392. The topological polar surface area (TPSA) is 87.0 Å². The fraction of sp³-hybridized carbons (Fsp3) is 0.500. The number of hydrogen-bond acceptors (Lipinski definition) is 4. The largest absolute Gasteiger partial charge is 0.358 e. The predicted molar refractivity (Wildman–Crippen MR) is 47.5 cm³/mol. The summed E-state index contributed by atoms with van der Waals surface area (Å²) in [5.41, 5.74) is 5.30. The zero-order chi connectivity index (χ0) is 9.84. The average molecular weight is 205 g/mol. The van der Waals surface area contributed by atoms with Crippen LogP contribution < -0.4 is 5.73 Å². The first kappa shape index (κ1) is 9.94. The third kappa shape index (κ3) is 1.96. The number of rotatable bonds is 4. The lowest BCUT2D eigenvalue weighted by Crippen LogP contribution is -2.13. The van der Waals surface area contributed by atoms with Crippen molar-refractivity contribution in [2.75, 3.05) is 6.54 Å². The first-order valence-electron chi connectivity index (χ1n) is 3.65. The van der Waals surface area contributed by atoms with E-state index in [9.17, 15) is 10.1 Å². The molecule has 0 spiro atoms. The van der Waals surface area contributed by atoms with Crippen LogP contribution in [0.5, 0.6) is 0 Å². The van der Waals surface area contributed by atoms with Crippen LogP contribution in [-0.2, 0) is 12.4 Å². The zero-order valence-corrected chi connectivity index (χ0v) is 7.57. The Morgan fingerprint density at radius 3 is 2.92 bits per heavy atom. The van der Waals surface area contributed by atoms with Crippen molar-refractivity contribution in [2.45, 2.75) is 12.4 Å². The van der Waals surface area contributed by atoms with Crippen molar-refractivity contribution in [3.63, 3.8) is 0 Å². The van der Waals surface area contributed by atoms with E-state index in [0.29, 0.717) is 18.9 Å². The third-order valence-electron chi connectivity index (χ3n) is 1.58. The molecule has 0 radical (unpaired) electrons. The molecule has 1 aromatic heterocycles. The normalized spacial score (nSPS) is 10.3. The summed E-state index contributed by atoms with van der Waals surface area (Å²) in [4.78, 5) is 13.8. The third-order valence-corrected chi connectivity index (χ3v) is 1.82. The lowest BCUT2D eigenvalue weighted by atomic mass is 10.5. The van der Waals surface area contributed by atoms with Gasteiger partial charge in [-0.25, -0.2) is 9.55 Å². The highest BCUT2D eigenvalue weighted by atomic mass is 35.5. The van der Waals surface area contributed by atoms with Gasteiger partial charge in [0.2, 0.25) is 5.82 Å². The van der Waals surface area contributed by atoms with Crippen molar-refractivity contribution in [3.8, 4) is 0 Å². The second-order valence-electron chi connectivity index (χ2n) is 2.36. The standard InChI is InChI=1S/C6H9ClN4O2/c7-3-5-9-4-6(11(12)13)10(5)2-1-8/h4H,1-3,8H2. The second kappa shape index (κ2) is 4.20. The van der Waals surface area contributed by atoms with E-state index in [1.54, 1.807) is 0 Å². The Morgan fingerprint density at radius 2 is 2.46 bits per heavy atom. The van der Waals surface area contributed by atoms with Crippen LogP contribution in [-0.4, -0.2) is 21.0 Å². The van der Waals surface area contributed by atoms with Crippen LogP contribution in [0.2, 0.25) is 0 Å². The van der Waals surface area contributed by atoms with Crippen LogP contribution >= 0.6 is 11.6 Å². The van der Waals surface area contributed by atoms with Gasteiger partial charge in [-0.15, -0.1) is 11.6 Å². The molecule has 2 N–H and O–H groups in total. The van der Waals surface area contributed by atoms with Crippen molar-refractivity contribution in [1.29, 1.82) is 0 Å². The molecule has 1 rings (SSSR count). The summed E-state index contributed by atoms with van der Waals surface area (Å²) in [6, 6.07) is 0. The molecular weight excluding hydrogens is 196 g/mol. The minimum atomic E-state index is -0.501. The number of nitro groups is 1. The van der Waals surface area contributed by atoms with Gasteiger partial charge in [0.25, 0.3) is 0 Å². The van der Waals surface area contributed by atoms with Crippen LogP contribution in [0.3, 0.4) is 0 Å². The number of nitrogens with zero attached hydrogens (tertiary/aromatic N) is 3. The van der Waals surface area contributed by atoms with E-state index in [-0.39, 0.29) is 11.7 Å². The molecule has 1 heterocycles. The van der Waals surface area contributed by atoms with Crippen LogP contribution in [0.15, 0.2) is 6.20 Å². The molecule has 0 bridgehead atoms. The van der Waals surface area contributed by atoms with E-state index in [2.05, 4.69) is 4.98 Å². The number of aromatic nitrogens is 2. The van der Waals surface area contributed by atoms with Crippen molar-refractivity contribution in [2.24, 2.45) is 5.73 Å². The van der Waals surface area contributed by atoms with Crippen molar-refractivity contribution < 1.29 is 4.92 Å². The summed E-state index contributed by atoms with van der Waals surface area (Å²) in [6.07, 6.45) is 1.19. The molecular formula is C6H9ClN4O2. The minimum absolute atomic E-state index is 0.0684. The first-order chi connectivity index (χ1) is 6.20. The molecule has 0 amide bonds. The molecule has 0 aliphatic carbocycles. The maximum absolute atomic E-state index is 10.5. The molecule has 0 fully saturated rings. The fourth-order valence-corrected chi connectivity index (χ4v) is 1.24. The highest BCUT2D eigenvalue weighted by Crippen LogP contribution is 2.14. The summed E-state index contributed by atoms with van der Waals surface area (Å²) in [5, 5.41) is 10.5. The molecule has 0 aliphatic heterocycles. The summed E-state index contributed by atoms with van der Waals surface area (Å²) in [6.45, 7) is 0.680. The summed E-state index contributed by atoms with van der Waals surface area (Å²) >= 11 is 5.54.